The molecule has 0 fully saturated rings. The number of nitrogens with zero attached hydrogens (tertiary/aromatic N) is 1. The highest BCUT2D eigenvalue weighted by molar-refractivity contribution is 5.90. The maximum absolute atomic E-state index is 6.13. The van der Waals surface area contributed by atoms with Crippen molar-refractivity contribution in [1.82, 2.24) is 10.3 Å². The van der Waals surface area contributed by atoms with Crippen molar-refractivity contribution in [1.29, 1.82) is 0 Å². The first-order valence-electron chi connectivity index (χ1n) is 7.55. The summed E-state index contributed by atoms with van der Waals surface area (Å²) in [4.78, 5) is 4.69. The zero-order valence-electron chi connectivity index (χ0n) is 13.8. The van der Waals surface area contributed by atoms with Crippen LogP contribution in [0.2, 0.25) is 0 Å². The highest BCUT2D eigenvalue weighted by Gasteiger charge is 2.24. The molecule has 2 aromatic rings. The normalized spacial score (nSPS) is 12.8. The lowest BCUT2D eigenvalue weighted by atomic mass is 9.82. The van der Waals surface area contributed by atoms with E-state index < -0.39 is 0 Å². The van der Waals surface area contributed by atoms with E-state index in [1.807, 2.05) is 30.3 Å². The summed E-state index contributed by atoms with van der Waals surface area (Å²) in [5, 5.41) is 4.63. The standard InChI is InChI=1S/C18H27N3/c1-17(2,3)12-18(4,5)20-11-13-10-15(19)14-8-6-7-9-16(14)21-13/h6-10,20H,11-12H2,1-5H3,(H2,19,21). The van der Waals surface area contributed by atoms with E-state index in [1.165, 1.54) is 0 Å². The van der Waals surface area contributed by atoms with Crippen LogP contribution in [-0.2, 0) is 6.54 Å². The maximum atomic E-state index is 6.13. The van der Waals surface area contributed by atoms with Gasteiger partial charge < -0.3 is 11.1 Å². The van der Waals surface area contributed by atoms with E-state index >= 15 is 0 Å². The Hall–Kier alpha value is -1.61. The molecule has 0 aliphatic carbocycles. The van der Waals surface area contributed by atoms with Crippen molar-refractivity contribution in [2.45, 2.75) is 53.1 Å². The largest absolute Gasteiger partial charge is 0.398 e. The van der Waals surface area contributed by atoms with E-state index in [4.69, 9.17) is 10.7 Å². The summed E-state index contributed by atoms with van der Waals surface area (Å²) in [6, 6.07) is 9.98. The predicted octanol–water partition coefficient (Wildman–Crippen LogP) is 4.12. The van der Waals surface area contributed by atoms with Gasteiger partial charge >= 0.3 is 0 Å². The molecule has 0 bridgehead atoms. The van der Waals surface area contributed by atoms with Gasteiger partial charge in [0, 0.05) is 23.2 Å². The Morgan fingerprint density at radius 3 is 2.43 bits per heavy atom. The predicted molar refractivity (Wildman–Crippen MR) is 91.1 cm³/mol. The number of nitrogens with one attached hydrogen (secondary N) is 1. The van der Waals surface area contributed by atoms with E-state index in [9.17, 15) is 0 Å². The number of nitrogens with two attached hydrogens (primary N) is 1. The van der Waals surface area contributed by atoms with Crippen LogP contribution in [-0.4, -0.2) is 10.5 Å². The van der Waals surface area contributed by atoms with Crippen molar-refractivity contribution < 1.29 is 0 Å². The lowest BCUT2D eigenvalue weighted by Gasteiger charge is -2.33. The van der Waals surface area contributed by atoms with Crippen LogP contribution in [0.4, 0.5) is 5.69 Å². The molecule has 0 atom stereocenters. The molecule has 3 nitrogen and oxygen atoms in total. The summed E-state index contributed by atoms with van der Waals surface area (Å²) < 4.78 is 0. The molecular weight excluding hydrogens is 258 g/mol. The number of hydrogen-bond donors (Lipinski definition) is 2. The van der Waals surface area contributed by atoms with Crippen molar-refractivity contribution in [2.75, 3.05) is 5.73 Å². The zero-order chi connectivity index (χ0) is 15.7. The Morgan fingerprint density at radius 2 is 1.76 bits per heavy atom. The fourth-order valence-corrected chi connectivity index (χ4v) is 3.07. The monoisotopic (exact) mass is 285 g/mol. The molecule has 3 heteroatoms. The summed E-state index contributed by atoms with van der Waals surface area (Å²) in [5.41, 5.74) is 9.25. The number of aromatic nitrogens is 1. The van der Waals surface area contributed by atoms with Crippen molar-refractivity contribution >= 4 is 16.6 Å². The number of benzene rings is 1. The first kappa shape index (κ1) is 15.8. The second-order valence-electron chi connectivity index (χ2n) is 7.69. The molecule has 1 aromatic heterocycles. The van der Waals surface area contributed by atoms with Gasteiger partial charge in [-0.05, 0) is 37.8 Å². The highest BCUT2D eigenvalue weighted by Crippen LogP contribution is 2.27. The smallest absolute Gasteiger partial charge is 0.0726 e. The van der Waals surface area contributed by atoms with Crippen LogP contribution in [0.3, 0.4) is 0 Å². The fourth-order valence-electron chi connectivity index (χ4n) is 3.07. The molecular formula is C18H27N3. The van der Waals surface area contributed by atoms with Crippen LogP contribution in [0.1, 0.15) is 46.7 Å². The van der Waals surface area contributed by atoms with Gasteiger partial charge in [0.15, 0.2) is 0 Å². The van der Waals surface area contributed by atoms with Crippen LogP contribution in [0.5, 0.6) is 0 Å². The Labute approximate surface area is 128 Å². The Morgan fingerprint density at radius 1 is 1.10 bits per heavy atom. The first-order chi connectivity index (χ1) is 9.66. The van der Waals surface area contributed by atoms with Crippen LogP contribution < -0.4 is 11.1 Å². The second kappa shape index (κ2) is 5.64. The molecule has 0 radical (unpaired) electrons. The molecule has 0 aliphatic heterocycles. The number of fused-ring (bicyclic) bond motifs is 1. The number of anilines is 1. The summed E-state index contributed by atoms with van der Waals surface area (Å²) in [5.74, 6) is 0. The van der Waals surface area contributed by atoms with Gasteiger partial charge in [-0.1, -0.05) is 39.0 Å². The molecule has 2 rings (SSSR count). The number of nitrogen functional groups attached to an aromatic ring is 1. The van der Waals surface area contributed by atoms with Gasteiger partial charge in [0.05, 0.1) is 11.2 Å². The Kier molecular flexibility index (Phi) is 4.24. The average Bonchev–Trinajstić information content (AvgIpc) is 2.34. The SMILES string of the molecule is CC(C)(C)CC(C)(C)NCc1cc(N)c2ccccc2n1. The lowest BCUT2D eigenvalue weighted by Crippen LogP contribution is -2.42. The molecule has 0 amide bonds. The molecule has 0 aliphatic rings. The maximum Gasteiger partial charge on any atom is 0.0726 e. The summed E-state index contributed by atoms with van der Waals surface area (Å²) in [6.45, 7) is 12.0. The first-order valence-corrected chi connectivity index (χ1v) is 7.55. The van der Waals surface area contributed by atoms with Crippen molar-refractivity contribution in [3.8, 4) is 0 Å². The Balaban J connectivity index is 2.13. The molecule has 0 spiro atoms. The van der Waals surface area contributed by atoms with Crippen molar-refractivity contribution in [2.24, 2.45) is 5.41 Å². The number of rotatable bonds is 4. The lowest BCUT2D eigenvalue weighted by molar-refractivity contribution is 0.240. The minimum Gasteiger partial charge on any atom is -0.398 e. The van der Waals surface area contributed by atoms with E-state index in [2.05, 4.69) is 39.9 Å². The summed E-state index contributed by atoms with van der Waals surface area (Å²) in [6.07, 6.45) is 1.10. The zero-order valence-corrected chi connectivity index (χ0v) is 13.8. The average molecular weight is 285 g/mol. The van der Waals surface area contributed by atoms with Crippen LogP contribution in [0.15, 0.2) is 30.3 Å². The molecule has 0 saturated carbocycles. The Bertz CT molecular complexity index is 624. The number of pyridine rings is 1. The van der Waals surface area contributed by atoms with Gasteiger partial charge in [0.1, 0.15) is 0 Å². The third-order valence-electron chi connectivity index (χ3n) is 3.52. The van der Waals surface area contributed by atoms with Gasteiger partial charge in [-0.15, -0.1) is 0 Å². The third-order valence-corrected chi connectivity index (χ3v) is 3.52. The molecule has 1 aromatic carbocycles. The van der Waals surface area contributed by atoms with Crippen LogP contribution in [0, 0.1) is 5.41 Å². The second-order valence-corrected chi connectivity index (χ2v) is 7.69. The summed E-state index contributed by atoms with van der Waals surface area (Å²) in [7, 11) is 0. The minimum atomic E-state index is 0.0698. The molecule has 114 valence electrons. The van der Waals surface area contributed by atoms with E-state index in [1.54, 1.807) is 0 Å². The third kappa shape index (κ3) is 4.43. The number of hydrogen-bond acceptors (Lipinski definition) is 3. The van der Waals surface area contributed by atoms with Crippen LogP contribution >= 0.6 is 0 Å². The summed E-state index contributed by atoms with van der Waals surface area (Å²) >= 11 is 0. The molecule has 1 heterocycles. The van der Waals surface area contributed by atoms with Gasteiger partial charge in [-0.25, -0.2) is 0 Å². The van der Waals surface area contributed by atoms with E-state index in [-0.39, 0.29) is 5.54 Å². The van der Waals surface area contributed by atoms with Crippen LogP contribution in [0.25, 0.3) is 10.9 Å². The van der Waals surface area contributed by atoms with E-state index in [0.717, 1.165) is 35.2 Å². The highest BCUT2D eigenvalue weighted by atomic mass is 15.0. The molecule has 0 saturated heterocycles. The van der Waals surface area contributed by atoms with Crippen molar-refractivity contribution in [3.63, 3.8) is 0 Å². The number of para-hydroxylation sites is 1. The van der Waals surface area contributed by atoms with Gasteiger partial charge in [0.25, 0.3) is 0 Å². The van der Waals surface area contributed by atoms with Crippen molar-refractivity contribution in [3.05, 3.63) is 36.0 Å². The quantitative estimate of drug-likeness (QED) is 0.888. The van der Waals surface area contributed by atoms with Gasteiger partial charge in [-0.3, -0.25) is 4.98 Å². The molecule has 21 heavy (non-hydrogen) atoms. The topological polar surface area (TPSA) is 50.9 Å². The minimum absolute atomic E-state index is 0.0698. The fraction of sp³-hybridized carbons (Fsp3) is 0.500. The molecule has 0 unspecified atom stereocenters. The molecule has 3 N–H and O–H groups in total. The van der Waals surface area contributed by atoms with Gasteiger partial charge in [-0.2, -0.15) is 0 Å². The van der Waals surface area contributed by atoms with E-state index in [0.29, 0.717) is 5.41 Å². The van der Waals surface area contributed by atoms with Gasteiger partial charge in [0.2, 0.25) is 0 Å².